The molecule has 2 N–H and O–H groups in total. The lowest BCUT2D eigenvalue weighted by molar-refractivity contribution is -0.116. The number of aliphatic hydroxyl groups is 1. The van der Waals surface area contributed by atoms with Crippen molar-refractivity contribution in [2.75, 3.05) is 13.2 Å². The summed E-state index contributed by atoms with van der Waals surface area (Å²) in [5.41, 5.74) is 3.48. The zero-order valence-electron chi connectivity index (χ0n) is 12.5. The molecule has 20 heavy (non-hydrogen) atoms. The van der Waals surface area contributed by atoms with Crippen LogP contribution >= 0.6 is 0 Å². The molecule has 0 spiro atoms. The predicted octanol–water partition coefficient (Wildman–Crippen LogP) is 2.99. The molecule has 1 aromatic rings. The lowest BCUT2D eigenvalue weighted by atomic mass is 10.1. The van der Waals surface area contributed by atoms with Crippen molar-refractivity contribution >= 4 is 12.0 Å². The van der Waals surface area contributed by atoms with Crippen LogP contribution < -0.4 is 5.32 Å². The fourth-order valence-electron chi connectivity index (χ4n) is 2.04. The maximum Gasteiger partial charge on any atom is 0.243 e. The minimum absolute atomic E-state index is 0.0490. The van der Waals surface area contributed by atoms with Gasteiger partial charge in [-0.25, -0.2) is 0 Å². The van der Waals surface area contributed by atoms with Crippen molar-refractivity contribution in [2.24, 2.45) is 0 Å². The van der Waals surface area contributed by atoms with Crippen LogP contribution in [0.2, 0.25) is 0 Å². The molecule has 3 nitrogen and oxygen atoms in total. The smallest absolute Gasteiger partial charge is 0.243 e. The Morgan fingerprint density at radius 1 is 1.20 bits per heavy atom. The fourth-order valence-corrected chi connectivity index (χ4v) is 2.04. The largest absolute Gasteiger partial charge is 0.396 e. The minimum Gasteiger partial charge on any atom is -0.396 e. The highest BCUT2D eigenvalue weighted by Gasteiger charge is 1.97. The molecule has 3 heteroatoms. The first-order valence-electron chi connectivity index (χ1n) is 7.27. The molecule has 1 rings (SSSR count). The minimum atomic E-state index is -0.0490. The van der Waals surface area contributed by atoms with E-state index in [2.05, 4.69) is 18.3 Å². The molecule has 0 fully saturated rings. The van der Waals surface area contributed by atoms with Gasteiger partial charge in [0.1, 0.15) is 0 Å². The molecule has 0 heterocycles. The van der Waals surface area contributed by atoms with Gasteiger partial charge < -0.3 is 10.4 Å². The Labute approximate surface area is 121 Å². The standard InChI is InChI=1S/C17H25NO2/c1-14-7-8-16(15(2)13-14)9-10-17(20)18-11-5-3-4-6-12-19/h7-10,13,19H,3-6,11-12H2,1-2H3,(H,18,20)/b10-9+. The van der Waals surface area contributed by atoms with Crippen LogP contribution in [0.5, 0.6) is 0 Å². The molecule has 0 saturated carbocycles. The van der Waals surface area contributed by atoms with Crippen molar-refractivity contribution < 1.29 is 9.90 Å². The Kier molecular flexibility index (Phi) is 7.66. The van der Waals surface area contributed by atoms with E-state index in [1.165, 1.54) is 11.1 Å². The van der Waals surface area contributed by atoms with Crippen LogP contribution in [-0.4, -0.2) is 24.2 Å². The molecule has 110 valence electrons. The van der Waals surface area contributed by atoms with E-state index >= 15 is 0 Å². The van der Waals surface area contributed by atoms with Gasteiger partial charge >= 0.3 is 0 Å². The maximum atomic E-state index is 11.6. The third-order valence-electron chi connectivity index (χ3n) is 3.22. The van der Waals surface area contributed by atoms with Crippen molar-refractivity contribution in [2.45, 2.75) is 39.5 Å². The van der Waals surface area contributed by atoms with E-state index in [4.69, 9.17) is 5.11 Å². The summed E-state index contributed by atoms with van der Waals surface area (Å²) >= 11 is 0. The summed E-state index contributed by atoms with van der Waals surface area (Å²) in [6, 6.07) is 6.19. The summed E-state index contributed by atoms with van der Waals surface area (Å²) in [7, 11) is 0. The first-order chi connectivity index (χ1) is 9.63. The second-order valence-electron chi connectivity index (χ2n) is 5.12. The number of aliphatic hydroxyl groups excluding tert-OH is 1. The quantitative estimate of drug-likeness (QED) is 0.566. The number of amides is 1. The van der Waals surface area contributed by atoms with Crippen LogP contribution in [0, 0.1) is 13.8 Å². The Bertz CT molecular complexity index is 452. The van der Waals surface area contributed by atoms with Crippen molar-refractivity contribution in [3.05, 3.63) is 41.0 Å². The molecule has 1 aromatic carbocycles. The van der Waals surface area contributed by atoms with E-state index in [-0.39, 0.29) is 12.5 Å². The Hall–Kier alpha value is -1.61. The van der Waals surface area contributed by atoms with Crippen LogP contribution in [0.4, 0.5) is 0 Å². The highest BCUT2D eigenvalue weighted by atomic mass is 16.2. The van der Waals surface area contributed by atoms with Gasteiger partial charge in [-0.3, -0.25) is 4.79 Å². The Balaban J connectivity index is 2.29. The van der Waals surface area contributed by atoms with Gasteiger partial charge in [0.05, 0.1) is 0 Å². The van der Waals surface area contributed by atoms with Gasteiger partial charge in [0, 0.05) is 19.2 Å². The van der Waals surface area contributed by atoms with Crippen molar-refractivity contribution in [3.8, 4) is 0 Å². The normalized spacial score (nSPS) is 10.9. The van der Waals surface area contributed by atoms with Crippen LogP contribution in [0.1, 0.15) is 42.4 Å². The van der Waals surface area contributed by atoms with Gasteiger partial charge in [0.2, 0.25) is 5.91 Å². The van der Waals surface area contributed by atoms with Crippen molar-refractivity contribution in [1.82, 2.24) is 5.32 Å². The number of unbranched alkanes of at least 4 members (excludes halogenated alkanes) is 3. The lowest BCUT2D eigenvalue weighted by Crippen LogP contribution is -2.21. The molecule has 0 bridgehead atoms. The summed E-state index contributed by atoms with van der Waals surface area (Å²) in [4.78, 5) is 11.6. The van der Waals surface area contributed by atoms with Gasteiger partial charge in [-0.1, -0.05) is 36.6 Å². The average molecular weight is 275 g/mol. The van der Waals surface area contributed by atoms with E-state index in [0.29, 0.717) is 6.54 Å². The second kappa shape index (κ2) is 9.32. The molecule has 0 unspecified atom stereocenters. The number of carbonyl (C=O) groups excluding carboxylic acids is 1. The SMILES string of the molecule is Cc1ccc(/C=C/C(=O)NCCCCCCO)c(C)c1. The number of rotatable bonds is 8. The number of aryl methyl sites for hydroxylation is 2. The summed E-state index contributed by atoms with van der Waals surface area (Å²) in [5, 5.41) is 11.5. The topological polar surface area (TPSA) is 49.3 Å². The average Bonchev–Trinajstić information content (AvgIpc) is 2.41. The molecular formula is C17H25NO2. The van der Waals surface area contributed by atoms with Crippen molar-refractivity contribution in [3.63, 3.8) is 0 Å². The van der Waals surface area contributed by atoms with E-state index in [1.54, 1.807) is 6.08 Å². The molecule has 0 radical (unpaired) electrons. The molecule has 0 aliphatic rings. The van der Waals surface area contributed by atoms with Crippen LogP contribution in [0.25, 0.3) is 6.08 Å². The number of hydrogen-bond acceptors (Lipinski definition) is 2. The molecule has 0 atom stereocenters. The molecule has 0 aliphatic heterocycles. The van der Waals surface area contributed by atoms with Crippen LogP contribution in [-0.2, 0) is 4.79 Å². The monoisotopic (exact) mass is 275 g/mol. The first kappa shape index (κ1) is 16.4. The van der Waals surface area contributed by atoms with Crippen molar-refractivity contribution in [1.29, 1.82) is 0 Å². The lowest BCUT2D eigenvalue weighted by Gasteiger charge is -2.03. The fraction of sp³-hybridized carbons (Fsp3) is 0.471. The van der Waals surface area contributed by atoms with Gasteiger partial charge in [0.15, 0.2) is 0 Å². The van der Waals surface area contributed by atoms with Gasteiger partial charge in [-0.15, -0.1) is 0 Å². The molecule has 0 aliphatic carbocycles. The molecular weight excluding hydrogens is 250 g/mol. The predicted molar refractivity (Wildman–Crippen MR) is 83.5 cm³/mol. The van der Waals surface area contributed by atoms with E-state index in [9.17, 15) is 4.79 Å². The summed E-state index contributed by atoms with van der Waals surface area (Å²) in [6.45, 7) is 5.06. The van der Waals surface area contributed by atoms with Gasteiger partial charge in [0.25, 0.3) is 0 Å². The third kappa shape index (κ3) is 6.53. The number of hydrogen-bond donors (Lipinski definition) is 2. The van der Waals surface area contributed by atoms with Crippen LogP contribution in [0.15, 0.2) is 24.3 Å². The van der Waals surface area contributed by atoms with Gasteiger partial charge in [-0.05, 0) is 43.9 Å². The number of benzene rings is 1. The first-order valence-corrected chi connectivity index (χ1v) is 7.27. The Morgan fingerprint density at radius 2 is 1.95 bits per heavy atom. The Morgan fingerprint density at radius 3 is 2.65 bits per heavy atom. The van der Waals surface area contributed by atoms with Gasteiger partial charge in [-0.2, -0.15) is 0 Å². The van der Waals surface area contributed by atoms with E-state index in [0.717, 1.165) is 31.2 Å². The number of nitrogens with one attached hydrogen (secondary N) is 1. The number of carbonyl (C=O) groups is 1. The zero-order chi connectivity index (χ0) is 14.8. The summed E-state index contributed by atoms with van der Waals surface area (Å²) < 4.78 is 0. The zero-order valence-corrected chi connectivity index (χ0v) is 12.5. The van der Waals surface area contributed by atoms with Crippen LogP contribution in [0.3, 0.4) is 0 Å². The maximum absolute atomic E-state index is 11.6. The molecule has 0 aromatic heterocycles. The second-order valence-corrected chi connectivity index (χ2v) is 5.12. The highest BCUT2D eigenvalue weighted by molar-refractivity contribution is 5.91. The third-order valence-corrected chi connectivity index (χ3v) is 3.22. The van der Waals surface area contributed by atoms with E-state index < -0.39 is 0 Å². The summed E-state index contributed by atoms with van der Waals surface area (Å²) in [5.74, 6) is -0.0490. The molecule has 0 saturated heterocycles. The molecule has 1 amide bonds. The van der Waals surface area contributed by atoms with E-state index in [1.807, 2.05) is 25.1 Å². The summed E-state index contributed by atoms with van der Waals surface area (Å²) in [6.07, 6.45) is 7.32. The highest BCUT2D eigenvalue weighted by Crippen LogP contribution is 2.11.